The van der Waals surface area contributed by atoms with Crippen molar-refractivity contribution in [1.29, 1.82) is 0 Å². The Bertz CT molecular complexity index is 727. The molecule has 0 unspecified atom stereocenters. The van der Waals surface area contributed by atoms with Crippen molar-refractivity contribution in [1.82, 2.24) is 10.2 Å². The molecule has 1 aromatic rings. The van der Waals surface area contributed by atoms with E-state index in [1.807, 2.05) is 0 Å². The van der Waals surface area contributed by atoms with Gasteiger partial charge in [-0.3, -0.25) is 19.5 Å². The van der Waals surface area contributed by atoms with E-state index in [2.05, 4.69) is 16.9 Å². The summed E-state index contributed by atoms with van der Waals surface area (Å²) in [5.41, 5.74) is 0.941. The lowest BCUT2D eigenvalue weighted by molar-refractivity contribution is -0.137. The molecular weight excluding hydrogens is 330 g/mol. The molecule has 1 heterocycles. The number of carboxylic acid groups (broad SMARTS) is 1. The van der Waals surface area contributed by atoms with Gasteiger partial charge in [0.05, 0.1) is 12.1 Å². The highest BCUT2D eigenvalue weighted by atomic mass is 32.1. The zero-order valence-corrected chi connectivity index (χ0v) is 13.5. The number of hydrogen-bond donors (Lipinski definition) is 2. The van der Waals surface area contributed by atoms with Gasteiger partial charge in [-0.05, 0) is 29.9 Å². The van der Waals surface area contributed by atoms with Crippen LogP contribution in [0.3, 0.4) is 0 Å². The second kappa shape index (κ2) is 7.60. The van der Waals surface area contributed by atoms with Crippen molar-refractivity contribution in [2.75, 3.05) is 6.54 Å². The Kier molecular flexibility index (Phi) is 5.54. The van der Waals surface area contributed by atoms with Crippen LogP contribution in [0.5, 0.6) is 0 Å². The van der Waals surface area contributed by atoms with Gasteiger partial charge in [0.2, 0.25) is 11.8 Å². The quantitative estimate of drug-likeness (QED) is 0.347. The molecule has 0 spiro atoms. The maximum absolute atomic E-state index is 12.3. The van der Waals surface area contributed by atoms with Gasteiger partial charge >= 0.3 is 5.97 Å². The van der Waals surface area contributed by atoms with Gasteiger partial charge in [0.1, 0.15) is 0 Å². The summed E-state index contributed by atoms with van der Waals surface area (Å²) < 4.78 is 0. The molecule has 1 saturated heterocycles. The molecule has 0 bridgehead atoms. The number of aromatic carboxylic acids is 1. The Labute approximate surface area is 143 Å². The minimum absolute atomic E-state index is 0.0545. The standard InChI is InChI=1S/C16H15N3O4S/c1-2-7-19-14(21)12(13(20)18-16(19)24)9-17-8-10-3-5-11(6-4-10)15(22)23/h2-6,9,12H,1,7-8H2,(H,22,23)(H,18,20,24)/t12-/m0/s1. The van der Waals surface area contributed by atoms with Crippen molar-refractivity contribution < 1.29 is 19.5 Å². The number of thiocarbonyl (C=S) groups is 1. The zero-order valence-electron chi connectivity index (χ0n) is 12.6. The minimum atomic E-state index is -1.05. The third-order valence-corrected chi connectivity index (χ3v) is 3.65. The molecule has 124 valence electrons. The molecule has 1 aliphatic heterocycles. The van der Waals surface area contributed by atoms with E-state index in [4.69, 9.17) is 17.3 Å². The molecule has 2 rings (SSSR count). The Morgan fingerprint density at radius 2 is 2.04 bits per heavy atom. The summed E-state index contributed by atoms with van der Waals surface area (Å²) >= 11 is 4.95. The highest BCUT2D eigenvalue weighted by Crippen LogP contribution is 2.10. The number of hydrogen-bond acceptors (Lipinski definition) is 5. The largest absolute Gasteiger partial charge is 0.478 e. The molecule has 7 nitrogen and oxygen atoms in total. The second-order valence-electron chi connectivity index (χ2n) is 5.00. The SMILES string of the molecule is C=CCN1C(=O)[C@@H](C=NCc2ccc(C(=O)O)cc2)C(=O)NC1=S. The number of nitrogens with one attached hydrogen (secondary N) is 1. The molecule has 0 aromatic heterocycles. The van der Waals surface area contributed by atoms with Crippen LogP contribution in [-0.4, -0.2) is 45.7 Å². The van der Waals surface area contributed by atoms with Crippen LogP contribution in [0.15, 0.2) is 41.9 Å². The van der Waals surface area contributed by atoms with Crippen molar-refractivity contribution in [3.63, 3.8) is 0 Å². The Morgan fingerprint density at radius 3 is 2.62 bits per heavy atom. The van der Waals surface area contributed by atoms with Crippen LogP contribution in [0, 0.1) is 5.92 Å². The maximum Gasteiger partial charge on any atom is 0.335 e. The fourth-order valence-corrected chi connectivity index (χ4v) is 2.35. The van der Waals surface area contributed by atoms with E-state index in [0.717, 1.165) is 5.56 Å². The molecule has 1 fully saturated rings. The fraction of sp³-hybridized carbons (Fsp3) is 0.188. The minimum Gasteiger partial charge on any atom is -0.478 e. The average Bonchev–Trinajstić information content (AvgIpc) is 2.55. The summed E-state index contributed by atoms with van der Waals surface area (Å²) in [7, 11) is 0. The highest BCUT2D eigenvalue weighted by Gasteiger charge is 2.36. The van der Waals surface area contributed by atoms with Crippen LogP contribution in [0.4, 0.5) is 0 Å². The topological polar surface area (TPSA) is 99.1 Å². The van der Waals surface area contributed by atoms with Gasteiger partial charge in [0.25, 0.3) is 0 Å². The molecule has 1 aromatic carbocycles. The van der Waals surface area contributed by atoms with E-state index in [-0.39, 0.29) is 23.8 Å². The molecule has 1 aliphatic rings. The Hall–Kier alpha value is -2.87. The Morgan fingerprint density at radius 1 is 1.38 bits per heavy atom. The van der Waals surface area contributed by atoms with Gasteiger partial charge in [-0.2, -0.15) is 0 Å². The first-order chi connectivity index (χ1) is 11.4. The lowest BCUT2D eigenvalue weighted by Crippen LogP contribution is -2.58. The summed E-state index contributed by atoms with van der Waals surface area (Å²) in [4.78, 5) is 40.3. The zero-order chi connectivity index (χ0) is 17.7. The van der Waals surface area contributed by atoms with Crippen molar-refractivity contribution in [2.45, 2.75) is 6.54 Å². The van der Waals surface area contributed by atoms with Gasteiger partial charge in [-0.1, -0.05) is 18.2 Å². The average molecular weight is 345 g/mol. The molecule has 8 heteroatoms. The van der Waals surface area contributed by atoms with Gasteiger partial charge in [-0.15, -0.1) is 6.58 Å². The van der Waals surface area contributed by atoms with E-state index >= 15 is 0 Å². The van der Waals surface area contributed by atoms with Crippen LogP contribution in [-0.2, 0) is 16.1 Å². The third kappa shape index (κ3) is 3.90. The summed E-state index contributed by atoms with van der Waals surface area (Å²) in [6.45, 7) is 3.98. The van der Waals surface area contributed by atoms with Crippen molar-refractivity contribution in [3.8, 4) is 0 Å². The third-order valence-electron chi connectivity index (χ3n) is 3.33. The van der Waals surface area contributed by atoms with Gasteiger partial charge in [0, 0.05) is 12.8 Å². The molecule has 0 saturated carbocycles. The maximum atomic E-state index is 12.3. The molecule has 24 heavy (non-hydrogen) atoms. The normalized spacial score (nSPS) is 17.9. The van der Waals surface area contributed by atoms with E-state index in [9.17, 15) is 14.4 Å². The predicted octanol–water partition coefficient (Wildman–Crippen LogP) is 1.00. The predicted molar refractivity (Wildman–Crippen MR) is 91.7 cm³/mol. The highest BCUT2D eigenvalue weighted by molar-refractivity contribution is 7.80. The smallest absolute Gasteiger partial charge is 0.335 e. The second-order valence-corrected chi connectivity index (χ2v) is 5.39. The van der Waals surface area contributed by atoms with Crippen LogP contribution < -0.4 is 5.32 Å². The first-order valence-corrected chi connectivity index (χ1v) is 7.44. The van der Waals surface area contributed by atoms with Gasteiger partial charge in [-0.25, -0.2) is 4.79 Å². The van der Waals surface area contributed by atoms with Crippen LogP contribution in [0.1, 0.15) is 15.9 Å². The molecule has 2 amide bonds. The number of rotatable bonds is 6. The van der Waals surface area contributed by atoms with Crippen molar-refractivity contribution >= 4 is 41.3 Å². The number of carbonyl (C=O) groups excluding carboxylic acids is 2. The van der Waals surface area contributed by atoms with Crippen LogP contribution in [0.25, 0.3) is 0 Å². The van der Waals surface area contributed by atoms with E-state index in [1.54, 1.807) is 12.1 Å². The first kappa shape index (κ1) is 17.5. The van der Waals surface area contributed by atoms with Crippen LogP contribution in [0.2, 0.25) is 0 Å². The number of amides is 2. The molecular formula is C16H15N3O4S. The monoisotopic (exact) mass is 345 g/mol. The first-order valence-electron chi connectivity index (χ1n) is 7.03. The Balaban J connectivity index is 2.05. The summed E-state index contributed by atoms with van der Waals surface area (Å²) in [5.74, 6) is -3.02. The summed E-state index contributed by atoms with van der Waals surface area (Å²) in [5, 5.41) is 11.3. The van der Waals surface area contributed by atoms with E-state index in [0.29, 0.717) is 0 Å². The molecule has 2 N–H and O–H groups in total. The lowest BCUT2D eigenvalue weighted by atomic mass is 10.1. The number of carbonyl (C=O) groups is 3. The molecule has 1 atom stereocenters. The number of aliphatic imine (C=N–C) groups is 1. The summed E-state index contributed by atoms with van der Waals surface area (Å²) in [6.07, 6.45) is 2.79. The number of benzene rings is 1. The lowest BCUT2D eigenvalue weighted by Gasteiger charge is -2.29. The van der Waals surface area contributed by atoms with Gasteiger partial charge < -0.3 is 10.4 Å². The van der Waals surface area contributed by atoms with E-state index in [1.165, 1.54) is 29.3 Å². The molecule has 0 radical (unpaired) electrons. The van der Waals surface area contributed by atoms with Crippen molar-refractivity contribution in [3.05, 3.63) is 48.0 Å². The summed E-state index contributed by atoms with van der Waals surface area (Å²) in [6, 6.07) is 6.19. The van der Waals surface area contributed by atoms with E-state index < -0.39 is 23.7 Å². The van der Waals surface area contributed by atoms with Gasteiger partial charge in [0.15, 0.2) is 11.0 Å². The number of nitrogens with zero attached hydrogens (tertiary/aromatic N) is 2. The van der Waals surface area contributed by atoms with Crippen LogP contribution >= 0.6 is 12.2 Å². The van der Waals surface area contributed by atoms with Crippen molar-refractivity contribution in [2.24, 2.45) is 10.9 Å². The number of carboxylic acids is 1. The fourth-order valence-electron chi connectivity index (χ4n) is 2.08. The molecule has 0 aliphatic carbocycles.